The highest BCUT2D eigenvalue weighted by atomic mass is 16.5. The lowest BCUT2D eigenvalue weighted by molar-refractivity contribution is 0.398. The Morgan fingerprint density at radius 2 is 0.788 bits per heavy atom. The quantitative estimate of drug-likeness (QED) is 0.256. The van der Waals surface area contributed by atoms with E-state index < -0.39 is 0 Å². The molecule has 6 heteroatoms. The van der Waals surface area contributed by atoms with Gasteiger partial charge in [0.15, 0.2) is 23.0 Å². The number of hydrogen-bond acceptors (Lipinski definition) is 6. The number of aromatic hydroxyl groups is 4. The molecule has 0 atom stereocenters. The first-order valence-corrected chi connectivity index (χ1v) is 10.3. The largest absolute Gasteiger partial charge is 0.504 e. The van der Waals surface area contributed by atoms with E-state index in [1.165, 1.54) is 24.3 Å². The fourth-order valence-corrected chi connectivity index (χ4v) is 3.45. The van der Waals surface area contributed by atoms with E-state index in [1.54, 1.807) is 12.1 Å². The summed E-state index contributed by atoms with van der Waals surface area (Å²) >= 11 is 0. The van der Waals surface area contributed by atoms with Crippen molar-refractivity contribution >= 4 is 0 Å². The Hall–Kier alpha value is -4.32. The Morgan fingerprint density at radius 1 is 0.455 bits per heavy atom. The van der Waals surface area contributed by atoms with Crippen molar-refractivity contribution in [1.82, 2.24) is 0 Å². The number of phenols is 4. The third kappa shape index (κ3) is 4.80. The minimum atomic E-state index is -0.287. The van der Waals surface area contributed by atoms with E-state index in [1.807, 2.05) is 48.5 Å². The molecule has 0 bridgehead atoms. The van der Waals surface area contributed by atoms with Crippen molar-refractivity contribution in [2.75, 3.05) is 0 Å². The average molecular weight is 444 g/mol. The molecule has 0 spiro atoms. The normalized spacial score (nSPS) is 11.2. The van der Waals surface area contributed by atoms with Crippen molar-refractivity contribution in [3.8, 4) is 46.0 Å². The number of benzene rings is 4. The summed E-state index contributed by atoms with van der Waals surface area (Å²) < 4.78 is 11.5. The smallest absolute Gasteiger partial charge is 0.161 e. The van der Waals surface area contributed by atoms with Gasteiger partial charge in [-0.1, -0.05) is 38.1 Å². The molecular weight excluding hydrogens is 420 g/mol. The van der Waals surface area contributed by atoms with Gasteiger partial charge in [0.05, 0.1) is 0 Å². The maximum absolute atomic E-state index is 9.62. The van der Waals surface area contributed by atoms with Gasteiger partial charge in [0.2, 0.25) is 0 Å². The van der Waals surface area contributed by atoms with Crippen LogP contribution in [0.15, 0.2) is 84.9 Å². The molecule has 6 nitrogen and oxygen atoms in total. The first-order valence-electron chi connectivity index (χ1n) is 10.3. The number of hydrogen-bond donors (Lipinski definition) is 4. The van der Waals surface area contributed by atoms with Crippen LogP contribution in [0.1, 0.15) is 25.0 Å². The first-order chi connectivity index (χ1) is 15.7. The maximum Gasteiger partial charge on any atom is 0.161 e. The SMILES string of the molecule is CC(C)(c1ccc(Oc2ccc(O)c(O)c2)cc1)c1ccc(Oc2ccc(O)c(O)c2)cc1. The Labute approximate surface area is 191 Å². The molecular formula is C27H24O6. The molecule has 0 aliphatic heterocycles. The molecule has 0 aliphatic rings. The fraction of sp³-hybridized carbons (Fsp3) is 0.111. The Bertz CT molecular complexity index is 1160. The summed E-state index contributed by atoms with van der Waals surface area (Å²) in [4.78, 5) is 0. The van der Waals surface area contributed by atoms with Crippen LogP contribution in [-0.2, 0) is 5.41 Å². The van der Waals surface area contributed by atoms with Crippen LogP contribution < -0.4 is 9.47 Å². The average Bonchev–Trinajstić information content (AvgIpc) is 2.80. The van der Waals surface area contributed by atoms with Crippen LogP contribution in [0.5, 0.6) is 46.0 Å². The topological polar surface area (TPSA) is 99.4 Å². The second-order valence-corrected chi connectivity index (χ2v) is 8.18. The molecule has 4 aromatic rings. The number of phenolic OH excluding ortho intramolecular Hbond substituents is 4. The Morgan fingerprint density at radius 3 is 1.12 bits per heavy atom. The van der Waals surface area contributed by atoms with Gasteiger partial charge in [-0.3, -0.25) is 0 Å². The fourth-order valence-electron chi connectivity index (χ4n) is 3.45. The number of ether oxygens (including phenoxy) is 2. The third-order valence-corrected chi connectivity index (χ3v) is 5.52. The van der Waals surface area contributed by atoms with Gasteiger partial charge in [0.25, 0.3) is 0 Å². The highest BCUT2D eigenvalue weighted by Gasteiger charge is 2.23. The van der Waals surface area contributed by atoms with Crippen molar-refractivity contribution in [3.05, 3.63) is 96.1 Å². The highest BCUT2D eigenvalue weighted by molar-refractivity contribution is 5.47. The van der Waals surface area contributed by atoms with E-state index in [-0.39, 0.29) is 28.4 Å². The molecule has 0 radical (unpaired) electrons. The molecule has 0 fully saturated rings. The zero-order chi connectivity index (χ0) is 23.6. The maximum atomic E-state index is 9.62. The summed E-state index contributed by atoms with van der Waals surface area (Å²) in [5.74, 6) is 1.21. The zero-order valence-electron chi connectivity index (χ0n) is 18.2. The molecule has 168 valence electrons. The van der Waals surface area contributed by atoms with Crippen LogP contribution in [0.4, 0.5) is 0 Å². The van der Waals surface area contributed by atoms with Crippen LogP contribution in [-0.4, -0.2) is 20.4 Å². The van der Waals surface area contributed by atoms with Crippen molar-refractivity contribution in [1.29, 1.82) is 0 Å². The van der Waals surface area contributed by atoms with E-state index in [9.17, 15) is 20.4 Å². The molecule has 0 amide bonds. The van der Waals surface area contributed by atoms with E-state index >= 15 is 0 Å². The molecule has 0 saturated heterocycles. The zero-order valence-corrected chi connectivity index (χ0v) is 18.2. The minimum Gasteiger partial charge on any atom is -0.504 e. The van der Waals surface area contributed by atoms with Gasteiger partial charge in [-0.2, -0.15) is 0 Å². The molecule has 0 unspecified atom stereocenters. The van der Waals surface area contributed by atoms with Gasteiger partial charge < -0.3 is 29.9 Å². The van der Waals surface area contributed by atoms with E-state index in [0.717, 1.165) is 11.1 Å². The monoisotopic (exact) mass is 444 g/mol. The van der Waals surface area contributed by atoms with Gasteiger partial charge in [0.1, 0.15) is 23.0 Å². The Kier molecular flexibility index (Phi) is 5.75. The highest BCUT2D eigenvalue weighted by Crippen LogP contribution is 2.36. The lowest BCUT2D eigenvalue weighted by Crippen LogP contribution is -2.18. The molecule has 4 N–H and O–H groups in total. The summed E-state index contributed by atoms with van der Waals surface area (Å²) in [5.41, 5.74) is 1.88. The van der Waals surface area contributed by atoms with Crippen molar-refractivity contribution in [2.45, 2.75) is 19.3 Å². The van der Waals surface area contributed by atoms with Crippen LogP contribution in [0.3, 0.4) is 0 Å². The van der Waals surface area contributed by atoms with Crippen molar-refractivity contribution in [2.24, 2.45) is 0 Å². The van der Waals surface area contributed by atoms with E-state index in [2.05, 4.69) is 13.8 Å². The Balaban J connectivity index is 1.47. The predicted molar refractivity (Wildman–Crippen MR) is 125 cm³/mol. The van der Waals surface area contributed by atoms with Gasteiger partial charge in [0, 0.05) is 17.5 Å². The van der Waals surface area contributed by atoms with Crippen LogP contribution >= 0.6 is 0 Å². The molecule has 4 aromatic carbocycles. The molecule has 0 aliphatic carbocycles. The summed E-state index contributed by atoms with van der Waals surface area (Å²) in [6, 6.07) is 24.0. The molecule has 0 aromatic heterocycles. The van der Waals surface area contributed by atoms with Gasteiger partial charge in [-0.15, -0.1) is 0 Å². The van der Waals surface area contributed by atoms with Crippen molar-refractivity contribution in [3.63, 3.8) is 0 Å². The van der Waals surface area contributed by atoms with Gasteiger partial charge >= 0.3 is 0 Å². The third-order valence-electron chi connectivity index (χ3n) is 5.52. The molecule has 0 saturated carbocycles. The standard InChI is InChI=1S/C27H24O6/c1-27(2,17-3-7-19(8-4-17)32-21-11-13-23(28)25(30)15-21)18-5-9-20(10-6-18)33-22-12-14-24(29)26(31)16-22/h3-16,28-31H,1-2H3. The van der Waals surface area contributed by atoms with Gasteiger partial charge in [-0.25, -0.2) is 0 Å². The van der Waals surface area contributed by atoms with Crippen molar-refractivity contribution < 1.29 is 29.9 Å². The molecule has 4 rings (SSSR count). The lowest BCUT2D eigenvalue weighted by atomic mass is 9.78. The second-order valence-electron chi connectivity index (χ2n) is 8.18. The minimum absolute atomic E-state index is 0.197. The van der Waals surface area contributed by atoms with E-state index in [4.69, 9.17) is 9.47 Å². The second kappa shape index (κ2) is 8.67. The molecule has 33 heavy (non-hydrogen) atoms. The van der Waals surface area contributed by atoms with Crippen LogP contribution in [0.25, 0.3) is 0 Å². The first kappa shape index (κ1) is 21.9. The predicted octanol–water partition coefficient (Wildman–Crippen LogP) is 6.42. The molecule has 0 heterocycles. The summed E-state index contributed by atoms with van der Waals surface area (Å²) in [6.07, 6.45) is 0. The van der Waals surface area contributed by atoms with Crippen LogP contribution in [0, 0.1) is 0 Å². The number of rotatable bonds is 6. The lowest BCUT2D eigenvalue weighted by Gasteiger charge is -2.26. The summed E-state index contributed by atoms with van der Waals surface area (Å²) in [6.45, 7) is 4.24. The summed E-state index contributed by atoms with van der Waals surface area (Å²) in [5, 5.41) is 38.1. The summed E-state index contributed by atoms with van der Waals surface area (Å²) in [7, 11) is 0. The van der Waals surface area contributed by atoms with Gasteiger partial charge in [-0.05, 0) is 59.7 Å². The van der Waals surface area contributed by atoms with E-state index in [0.29, 0.717) is 23.0 Å². The van der Waals surface area contributed by atoms with Crippen LogP contribution in [0.2, 0.25) is 0 Å².